The zero-order valence-electron chi connectivity index (χ0n) is 15.2. The molecule has 0 amide bonds. The van der Waals surface area contributed by atoms with E-state index in [1.54, 1.807) is 0 Å². The quantitative estimate of drug-likeness (QED) is 0.627. The fourth-order valence-corrected chi connectivity index (χ4v) is 5.18. The molecular formula is C19H34O4. The van der Waals surface area contributed by atoms with Crippen molar-refractivity contribution in [2.75, 3.05) is 0 Å². The van der Waals surface area contributed by atoms with Gasteiger partial charge in [0.15, 0.2) is 0 Å². The van der Waals surface area contributed by atoms with Gasteiger partial charge in [-0.2, -0.15) is 0 Å². The van der Waals surface area contributed by atoms with Crippen LogP contribution in [0.4, 0.5) is 0 Å². The van der Waals surface area contributed by atoms with Gasteiger partial charge in [0.25, 0.3) is 0 Å². The summed E-state index contributed by atoms with van der Waals surface area (Å²) in [6, 6.07) is 0. The first-order valence-corrected chi connectivity index (χ1v) is 9.14. The Hall–Kier alpha value is -1.06. The Morgan fingerprint density at radius 2 is 1.57 bits per heavy atom. The lowest BCUT2D eigenvalue weighted by Crippen LogP contribution is -2.48. The summed E-state index contributed by atoms with van der Waals surface area (Å²) in [7, 11) is 0. The number of rotatable bonds is 9. The predicted octanol–water partition coefficient (Wildman–Crippen LogP) is 4.96. The number of carboxylic acid groups (broad SMARTS) is 2. The first-order chi connectivity index (χ1) is 10.7. The Labute approximate surface area is 140 Å². The Kier molecular flexibility index (Phi) is 7.09. The summed E-state index contributed by atoms with van der Waals surface area (Å²) in [6.07, 6.45) is 8.41. The SMILES string of the molecule is CCC(CC)(C(CC(=O)O)C(=O)O)C(C)(C)CC1CCCCC1. The van der Waals surface area contributed by atoms with Gasteiger partial charge in [-0.15, -0.1) is 0 Å². The van der Waals surface area contributed by atoms with Crippen molar-refractivity contribution in [2.24, 2.45) is 22.7 Å². The van der Waals surface area contributed by atoms with Crippen LogP contribution in [0.2, 0.25) is 0 Å². The average molecular weight is 326 g/mol. The normalized spacial score (nSPS) is 18.6. The first-order valence-electron chi connectivity index (χ1n) is 9.14. The van der Waals surface area contributed by atoms with Gasteiger partial charge in [-0.25, -0.2) is 0 Å². The molecule has 4 nitrogen and oxygen atoms in total. The molecule has 0 aromatic heterocycles. The van der Waals surface area contributed by atoms with Gasteiger partial charge >= 0.3 is 11.9 Å². The summed E-state index contributed by atoms with van der Waals surface area (Å²) in [5.74, 6) is -2.16. The van der Waals surface area contributed by atoms with Crippen LogP contribution >= 0.6 is 0 Å². The second-order valence-corrected chi connectivity index (χ2v) is 7.94. The lowest BCUT2D eigenvalue weighted by atomic mass is 9.52. The molecule has 1 atom stereocenters. The summed E-state index contributed by atoms with van der Waals surface area (Å²) in [6.45, 7) is 8.35. The van der Waals surface area contributed by atoms with Crippen LogP contribution in [0.1, 0.15) is 85.5 Å². The summed E-state index contributed by atoms with van der Waals surface area (Å²) < 4.78 is 0. The maximum atomic E-state index is 11.9. The third kappa shape index (κ3) is 4.48. The first kappa shape index (κ1) is 20.0. The van der Waals surface area contributed by atoms with Crippen molar-refractivity contribution in [2.45, 2.75) is 85.5 Å². The molecule has 23 heavy (non-hydrogen) atoms. The average Bonchev–Trinajstić information content (AvgIpc) is 2.47. The minimum atomic E-state index is -1.02. The summed E-state index contributed by atoms with van der Waals surface area (Å²) >= 11 is 0. The lowest BCUT2D eigenvalue weighted by molar-refractivity contribution is -0.160. The standard InChI is InChI=1S/C19H34O4/c1-5-19(6-2,15(17(22)23)12-16(20)21)18(3,4)13-14-10-8-7-9-11-14/h14-15H,5-13H2,1-4H3,(H,20,21)(H,22,23). The molecule has 1 unspecified atom stereocenters. The molecule has 1 aliphatic carbocycles. The molecule has 1 aliphatic rings. The minimum Gasteiger partial charge on any atom is -0.481 e. The lowest BCUT2D eigenvalue weighted by Gasteiger charge is -2.51. The van der Waals surface area contributed by atoms with Crippen LogP contribution in [0.15, 0.2) is 0 Å². The van der Waals surface area contributed by atoms with Crippen LogP contribution in [0.25, 0.3) is 0 Å². The Bertz CT molecular complexity index is 404. The molecule has 0 radical (unpaired) electrons. The fraction of sp³-hybridized carbons (Fsp3) is 0.895. The maximum Gasteiger partial charge on any atom is 0.307 e. The summed E-state index contributed by atoms with van der Waals surface area (Å²) in [5, 5.41) is 18.9. The second kappa shape index (κ2) is 8.16. The summed E-state index contributed by atoms with van der Waals surface area (Å²) in [4.78, 5) is 23.1. The highest BCUT2D eigenvalue weighted by Crippen LogP contribution is 2.55. The van der Waals surface area contributed by atoms with E-state index in [9.17, 15) is 19.8 Å². The Morgan fingerprint density at radius 1 is 1.04 bits per heavy atom. The minimum absolute atomic E-state index is 0.184. The van der Waals surface area contributed by atoms with Gasteiger partial charge in [0.2, 0.25) is 0 Å². The van der Waals surface area contributed by atoms with Crippen molar-refractivity contribution in [1.82, 2.24) is 0 Å². The van der Waals surface area contributed by atoms with Crippen molar-refractivity contribution < 1.29 is 19.8 Å². The highest BCUT2D eigenvalue weighted by molar-refractivity contribution is 5.78. The van der Waals surface area contributed by atoms with E-state index in [0.29, 0.717) is 18.8 Å². The number of hydrogen-bond donors (Lipinski definition) is 2. The number of aliphatic carboxylic acids is 2. The van der Waals surface area contributed by atoms with Crippen LogP contribution in [-0.2, 0) is 9.59 Å². The second-order valence-electron chi connectivity index (χ2n) is 7.94. The summed E-state index contributed by atoms with van der Waals surface area (Å²) in [5.41, 5.74) is -0.661. The van der Waals surface area contributed by atoms with Crippen molar-refractivity contribution in [1.29, 1.82) is 0 Å². The van der Waals surface area contributed by atoms with Gasteiger partial charge in [-0.05, 0) is 36.0 Å². The number of carboxylic acids is 2. The molecule has 0 saturated heterocycles. The molecule has 1 fully saturated rings. The van der Waals surface area contributed by atoms with Crippen molar-refractivity contribution in [3.8, 4) is 0 Å². The highest BCUT2D eigenvalue weighted by atomic mass is 16.4. The van der Waals surface area contributed by atoms with E-state index in [1.165, 1.54) is 32.1 Å². The van der Waals surface area contributed by atoms with Crippen LogP contribution in [0.5, 0.6) is 0 Å². The van der Waals surface area contributed by atoms with E-state index >= 15 is 0 Å². The van der Waals surface area contributed by atoms with E-state index < -0.39 is 23.3 Å². The molecule has 4 heteroatoms. The highest BCUT2D eigenvalue weighted by Gasteiger charge is 2.51. The van der Waals surface area contributed by atoms with Gasteiger partial charge in [-0.3, -0.25) is 9.59 Å². The molecule has 0 spiro atoms. The van der Waals surface area contributed by atoms with E-state index in [0.717, 1.165) is 6.42 Å². The predicted molar refractivity (Wildman–Crippen MR) is 91.4 cm³/mol. The molecular weight excluding hydrogens is 292 g/mol. The number of carbonyl (C=O) groups is 2. The molecule has 134 valence electrons. The van der Waals surface area contributed by atoms with Gasteiger partial charge in [0.05, 0.1) is 12.3 Å². The molecule has 0 bridgehead atoms. The van der Waals surface area contributed by atoms with E-state index in [2.05, 4.69) is 13.8 Å². The van der Waals surface area contributed by atoms with Crippen molar-refractivity contribution >= 4 is 11.9 Å². The number of hydrogen-bond acceptors (Lipinski definition) is 2. The van der Waals surface area contributed by atoms with Crippen molar-refractivity contribution in [3.63, 3.8) is 0 Å². The van der Waals surface area contributed by atoms with Gasteiger partial charge in [-0.1, -0.05) is 59.8 Å². The zero-order chi connectivity index (χ0) is 17.7. The maximum absolute atomic E-state index is 11.9. The van der Waals surface area contributed by atoms with E-state index in [1.807, 2.05) is 13.8 Å². The monoisotopic (exact) mass is 326 g/mol. The smallest absolute Gasteiger partial charge is 0.307 e. The Balaban J connectivity index is 3.11. The van der Waals surface area contributed by atoms with Crippen molar-refractivity contribution in [3.05, 3.63) is 0 Å². The zero-order valence-corrected chi connectivity index (χ0v) is 15.2. The van der Waals surface area contributed by atoms with E-state index in [-0.39, 0.29) is 11.8 Å². The molecule has 0 heterocycles. The van der Waals surface area contributed by atoms with Gasteiger partial charge in [0, 0.05) is 0 Å². The third-order valence-corrected chi connectivity index (χ3v) is 6.48. The molecule has 1 rings (SSSR count). The molecule has 0 aromatic carbocycles. The topological polar surface area (TPSA) is 74.6 Å². The largest absolute Gasteiger partial charge is 0.481 e. The molecule has 1 saturated carbocycles. The molecule has 0 aromatic rings. The fourth-order valence-electron chi connectivity index (χ4n) is 5.18. The molecule has 2 N–H and O–H groups in total. The van der Waals surface area contributed by atoms with Crippen LogP contribution < -0.4 is 0 Å². The third-order valence-electron chi connectivity index (χ3n) is 6.48. The molecule has 0 aliphatic heterocycles. The Morgan fingerprint density at radius 3 is 1.96 bits per heavy atom. The van der Waals surface area contributed by atoms with Gasteiger partial charge < -0.3 is 10.2 Å². The van der Waals surface area contributed by atoms with E-state index in [4.69, 9.17) is 0 Å². The van der Waals surface area contributed by atoms with Crippen LogP contribution in [-0.4, -0.2) is 22.2 Å². The van der Waals surface area contributed by atoms with Gasteiger partial charge in [0.1, 0.15) is 0 Å². The van der Waals surface area contributed by atoms with Crippen LogP contribution in [0, 0.1) is 22.7 Å². The van der Waals surface area contributed by atoms with Crippen LogP contribution in [0.3, 0.4) is 0 Å².